The standard InChI is InChI=1S/C10H10ClN3OS/c1-5-4-15-10(12-5)16-9-7(3)6(2)8(11)13-14-9/h4H,1-3H3. The van der Waals surface area contributed by atoms with E-state index in [1.165, 1.54) is 11.8 Å². The maximum Gasteiger partial charge on any atom is 0.262 e. The molecule has 0 N–H and O–H groups in total. The number of hydrogen-bond acceptors (Lipinski definition) is 5. The Balaban J connectivity index is 2.32. The van der Waals surface area contributed by atoms with Crippen LogP contribution in [0.25, 0.3) is 0 Å². The zero-order valence-corrected chi connectivity index (χ0v) is 10.7. The van der Waals surface area contributed by atoms with Gasteiger partial charge in [-0.15, -0.1) is 10.2 Å². The van der Waals surface area contributed by atoms with Gasteiger partial charge in [-0.2, -0.15) is 0 Å². The predicted octanol–water partition coefficient (Wildman–Crippen LogP) is 3.19. The van der Waals surface area contributed by atoms with Gasteiger partial charge in [-0.25, -0.2) is 4.98 Å². The maximum atomic E-state index is 5.87. The first-order valence-corrected chi connectivity index (χ1v) is 5.86. The van der Waals surface area contributed by atoms with E-state index in [4.69, 9.17) is 16.0 Å². The number of nitrogens with zero attached hydrogens (tertiary/aromatic N) is 3. The van der Waals surface area contributed by atoms with Crippen molar-refractivity contribution in [1.82, 2.24) is 15.2 Å². The van der Waals surface area contributed by atoms with Gasteiger partial charge in [0, 0.05) is 0 Å². The summed E-state index contributed by atoms with van der Waals surface area (Å²) >= 11 is 7.22. The summed E-state index contributed by atoms with van der Waals surface area (Å²) in [5, 5.41) is 9.66. The average Bonchev–Trinajstić information content (AvgIpc) is 2.65. The molecule has 84 valence electrons. The van der Waals surface area contributed by atoms with Gasteiger partial charge in [0.2, 0.25) is 0 Å². The summed E-state index contributed by atoms with van der Waals surface area (Å²) in [4.78, 5) is 4.19. The van der Waals surface area contributed by atoms with Gasteiger partial charge in [0.25, 0.3) is 5.22 Å². The summed E-state index contributed by atoms with van der Waals surface area (Å²) in [7, 11) is 0. The van der Waals surface area contributed by atoms with Crippen molar-refractivity contribution in [2.24, 2.45) is 0 Å². The Morgan fingerprint density at radius 3 is 2.56 bits per heavy atom. The first kappa shape index (κ1) is 11.4. The Morgan fingerprint density at radius 2 is 1.94 bits per heavy atom. The van der Waals surface area contributed by atoms with Crippen LogP contribution in [0, 0.1) is 20.8 Å². The summed E-state index contributed by atoms with van der Waals surface area (Å²) in [6.45, 7) is 5.74. The zero-order valence-electron chi connectivity index (χ0n) is 9.11. The predicted molar refractivity (Wildman–Crippen MR) is 61.9 cm³/mol. The molecule has 0 unspecified atom stereocenters. The molecule has 2 aromatic heterocycles. The SMILES string of the molecule is Cc1coc(Sc2nnc(Cl)c(C)c2C)n1. The summed E-state index contributed by atoms with van der Waals surface area (Å²) in [6.07, 6.45) is 1.61. The number of oxazole rings is 1. The molecule has 0 bridgehead atoms. The van der Waals surface area contributed by atoms with Crippen LogP contribution in [0.15, 0.2) is 20.9 Å². The van der Waals surface area contributed by atoms with Gasteiger partial charge in [0.1, 0.15) is 11.3 Å². The van der Waals surface area contributed by atoms with Crippen LogP contribution < -0.4 is 0 Å². The highest BCUT2D eigenvalue weighted by atomic mass is 35.5. The van der Waals surface area contributed by atoms with Crippen molar-refractivity contribution in [2.75, 3.05) is 0 Å². The van der Waals surface area contributed by atoms with E-state index in [9.17, 15) is 0 Å². The van der Waals surface area contributed by atoms with E-state index in [0.717, 1.165) is 21.8 Å². The molecule has 0 atom stereocenters. The quantitative estimate of drug-likeness (QED) is 0.825. The highest BCUT2D eigenvalue weighted by molar-refractivity contribution is 7.99. The summed E-state index contributed by atoms with van der Waals surface area (Å²) in [5.74, 6) is 0. The minimum Gasteiger partial charge on any atom is -0.439 e. The molecule has 0 spiro atoms. The normalized spacial score (nSPS) is 10.8. The van der Waals surface area contributed by atoms with Gasteiger partial charge in [-0.3, -0.25) is 0 Å². The van der Waals surface area contributed by atoms with E-state index in [0.29, 0.717) is 10.4 Å². The highest BCUT2D eigenvalue weighted by Gasteiger charge is 2.12. The lowest BCUT2D eigenvalue weighted by Gasteiger charge is -2.04. The third-order valence-corrected chi connectivity index (χ3v) is 3.51. The molecule has 0 aliphatic rings. The van der Waals surface area contributed by atoms with E-state index in [2.05, 4.69) is 15.2 Å². The number of rotatable bonds is 2. The van der Waals surface area contributed by atoms with Gasteiger partial charge in [0.05, 0.1) is 5.69 Å². The van der Waals surface area contributed by atoms with E-state index < -0.39 is 0 Å². The van der Waals surface area contributed by atoms with Crippen LogP contribution in [0.5, 0.6) is 0 Å². The van der Waals surface area contributed by atoms with Crippen LogP contribution in [-0.2, 0) is 0 Å². The molecule has 2 heterocycles. The molecule has 0 saturated carbocycles. The zero-order chi connectivity index (χ0) is 11.7. The van der Waals surface area contributed by atoms with E-state index in [1.807, 2.05) is 20.8 Å². The number of aromatic nitrogens is 3. The second kappa shape index (κ2) is 4.43. The van der Waals surface area contributed by atoms with E-state index >= 15 is 0 Å². The fourth-order valence-corrected chi connectivity index (χ4v) is 2.13. The number of hydrogen-bond donors (Lipinski definition) is 0. The summed E-state index contributed by atoms with van der Waals surface area (Å²) in [5.41, 5.74) is 2.78. The molecule has 0 amide bonds. The van der Waals surface area contributed by atoms with Crippen LogP contribution in [0.1, 0.15) is 16.8 Å². The Hall–Kier alpha value is -1.07. The van der Waals surface area contributed by atoms with Crippen molar-refractivity contribution >= 4 is 23.4 Å². The fourth-order valence-electron chi connectivity index (χ4n) is 1.11. The molecule has 0 fully saturated rings. The van der Waals surface area contributed by atoms with Gasteiger partial charge < -0.3 is 4.42 Å². The van der Waals surface area contributed by atoms with Gasteiger partial charge in [-0.05, 0) is 43.7 Å². The second-order valence-electron chi connectivity index (χ2n) is 3.40. The third-order valence-electron chi connectivity index (χ3n) is 2.20. The summed E-state index contributed by atoms with van der Waals surface area (Å²) in [6, 6.07) is 0. The summed E-state index contributed by atoms with van der Waals surface area (Å²) < 4.78 is 5.24. The van der Waals surface area contributed by atoms with Crippen LogP contribution in [-0.4, -0.2) is 15.2 Å². The molecular weight excluding hydrogens is 246 g/mol. The Bertz CT molecular complexity index is 527. The van der Waals surface area contributed by atoms with Crippen molar-refractivity contribution in [3.05, 3.63) is 28.2 Å². The van der Waals surface area contributed by atoms with Crippen molar-refractivity contribution in [3.63, 3.8) is 0 Å². The Morgan fingerprint density at radius 1 is 1.19 bits per heavy atom. The lowest BCUT2D eigenvalue weighted by Crippen LogP contribution is -1.95. The van der Waals surface area contributed by atoms with E-state index in [-0.39, 0.29) is 0 Å². The van der Waals surface area contributed by atoms with Crippen LogP contribution >= 0.6 is 23.4 Å². The third kappa shape index (κ3) is 2.20. The molecule has 0 radical (unpaired) electrons. The lowest BCUT2D eigenvalue weighted by molar-refractivity contribution is 0.453. The van der Waals surface area contributed by atoms with Crippen molar-refractivity contribution < 1.29 is 4.42 Å². The maximum absolute atomic E-state index is 5.87. The van der Waals surface area contributed by atoms with Crippen molar-refractivity contribution in [3.8, 4) is 0 Å². The molecule has 0 aromatic carbocycles. The topological polar surface area (TPSA) is 51.8 Å². The van der Waals surface area contributed by atoms with E-state index in [1.54, 1.807) is 6.26 Å². The van der Waals surface area contributed by atoms with Crippen molar-refractivity contribution in [2.45, 2.75) is 31.0 Å². The minimum absolute atomic E-state index is 0.436. The van der Waals surface area contributed by atoms with Gasteiger partial charge >= 0.3 is 0 Å². The first-order valence-electron chi connectivity index (χ1n) is 4.67. The van der Waals surface area contributed by atoms with Crippen LogP contribution in [0.2, 0.25) is 5.15 Å². The molecule has 0 saturated heterocycles. The van der Waals surface area contributed by atoms with Gasteiger partial charge in [-0.1, -0.05) is 11.6 Å². The monoisotopic (exact) mass is 255 g/mol. The molecule has 4 nitrogen and oxygen atoms in total. The lowest BCUT2D eigenvalue weighted by atomic mass is 10.2. The molecule has 6 heteroatoms. The smallest absolute Gasteiger partial charge is 0.262 e. The number of halogens is 1. The van der Waals surface area contributed by atoms with Crippen LogP contribution in [0.4, 0.5) is 0 Å². The second-order valence-corrected chi connectivity index (χ2v) is 4.70. The molecule has 2 aromatic rings. The average molecular weight is 256 g/mol. The largest absolute Gasteiger partial charge is 0.439 e. The van der Waals surface area contributed by atoms with Gasteiger partial charge in [0.15, 0.2) is 5.15 Å². The minimum atomic E-state index is 0.436. The molecule has 2 rings (SSSR count). The first-order chi connectivity index (χ1) is 7.58. The fraction of sp³-hybridized carbons (Fsp3) is 0.300. The molecule has 0 aliphatic carbocycles. The Kier molecular flexibility index (Phi) is 3.16. The van der Waals surface area contributed by atoms with Crippen molar-refractivity contribution in [1.29, 1.82) is 0 Å². The molecule has 0 aliphatic heterocycles. The Labute approximate surface area is 102 Å². The molecular formula is C10H10ClN3OS. The highest BCUT2D eigenvalue weighted by Crippen LogP contribution is 2.30. The number of aryl methyl sites for hydroxylation is 1. The molecule has 16 heavy (non-hydrogen) atoms. The van der Waals surface area contributed by atoms with Crippen LogP contribution in [0.3, 0.4) is 0 Å².